The van der Waals surface area contributed by atoms with E-state index in [1.807, 2.05) is 46.7 Å². The number of methoxy groups -OCH3 is 1. The Labute approximate surface area is 348 Å². The Morgan fingerprint density at radius 3 is 2.44 bits per heavy atom. The van der Waals surface area contributed by atoms with Crippen LogP contribution < -0.4 is 5.32 Å². The number of aliphatic hydroxyl groups excluding tert-OH is 1. The van der Waals surface area contributed by atoms with Crippen LogP contribution in [-0.2, 0) is 38.0 Å². The molecule has 3 unspecified atom stereocenters. The maximum atomic E-state index is 14.5. The molecule has 2 N–H and O–H groups in total. The van der Waals surface area contributed by atoms with Crippen LogP contribution in [0.3, 0.4) is 0 Å². The van der Waals surface area contributed by atoms with E-state index in [2.05, 4.69) is 15.3 Å². The Hall–Kier alpha value is -3.83. The van der Waals surface area contributed by atoms with Crippen molar-refractivity contribution in [3.05, 3.63) is 46.3 Å². The predicted molar refractivity (Wildman–Crippen MR) is 217 cm³/mol. The van der Waals surface area contributed by atoms with Gasteiger partial charge < -0.3 is 43.7 Å². The van der Waals surface area contributed by atoms with Gasteiger partial charge in [-0.3, -0.25) is 14.5 Å². The van der Waals surface area contributed by atoms with Crippen molar-refractivity contribution in [1.29, 1.82) is 0 Å². The quantitative estimate of drug-likeness (QED) is 0.0517. The Morgan fingerprint density at radius 1 is 1.12 bits per heavy atom. The van der Waals surface area contributed by atoms with E-state index in [0.717, 1.165) is 0 Å². The topological polar surface area (TPSA) is 211 Å². The second kappa shape index (κ2) is 21.1. The fourth-order valence-electron chi connectivity index (χ4n) is 8.99. The van der Waals surface area contributed by atoms with E-state index in [4.69, 9.17) is 34.0 Å². The van der Waals surface area contributed by atoms with Crippen LogP contribution in [0.4, 0.5) is 4.79 Å². The summed E-state index contributed by atoms with van der Waals surface area (Å²) in [5.41, 5.74) is 6.67. The van der Waals surface area contributed by atoms with Gasteiger partial charge in [-0.15, -0.1) is 0 Å². The largest absolute Gasteiger partial charge is 0.459 e. The van der Waals surface area contributed by atoms with Gasteiger partial charge in [0.1, 0.15) is 24.7 Å². The lowest BCUT2D eigenvalue weighted by Crippen LogP contribution is -2.61. The summed E-state index contributed by atoms with van der Waals surface area (Å²) in [5, 5.41) is 18.9. The average Bonchev–Trinajstić information content (AvgIpc) is 3.48. The van der Waals surface area contributed by atoms with Crippen LogP contribution in [-0.4, -0.2) is 146 Å². The van der Waals surface area contributed by atoms with Crippen LogP contribution in [0.5, 0.6) is 0 Å². The van der Waals surface area contributed by atoms with Crippen molar-refractivity contribution >= 4 is 23.8 Å². The van der Waals surface area contributed by atoms with Gasteiger partial charge in [0.2, 0.25) is 0 Å². The lowest BCUT2D eigenvalue weighted by Gasteiger charge is -2.47. The number of nitrogens with one attached hydrogen (secondary N) is 1. The zero-order valence-electron chi connectivity index (χ0n) is 36.4. The number of Topliss-reactive ketones (excluding diaryl/α,β-unsaturated/α-hetero) is 1. The number of carbonyl (C=O) groups excluding carboxylic acids is 4. The number of amides is 1. The molecule has 0 spiro atoms. The highest BCUT2D eigenvalue weighted by Crippen LogP contribution is 2.40. The molecule has 0 aromatic heterocycles. The number of ether oxygens (including phenoxy) is 6. The van der Waals surface area contributed by atoms with E-state index >= 15 is 0 Å². The first kappa shape index (κ1) is 47.8. The third-order valence-electron chi connectivity index (χ3n) is 12.3. The van der Waals surface area contributed by atoms with Crippen molar-refractivity contribution in [1.82, 2.24) is 15.1 Å². The minimum atomic E-state index is -1.27. The minimum Gasteiger partial charge on any atom is -0.459 e. The molecular weight excluding hydrogens is 764 g/mol. The number of nitrogens with zero attached hydrogens (tertiary/aromatic N) is 5. The second-order valence-electron chi connectivity index (χ2n) is 17.0. The van der Waals surface area contributed by atoms with E-state index in [1.165, 1.54) is 14.0 Å². The van der Waals surface area contributed by atoms with E-state index in [-0.39, 0.29) is 18.6 Å². The summed E-state index contributed by atoms with van der Waals surface area (Å²) in [6.45, 7) is 13.6. The molecule has 0 saturated carbocycles. The smallest absolute Gasteiger partial charge is 0.410 e. The summed E-state index contributed by atoms with van der Waals surface area (Å²) < 4.78 is 37.2. The fourth-order valence-corrected chi connectivity index (χ4v) is 8.99. The molecule has 3 saturated heterocycles. The molecule has 1 aromatic carbocycles. The molecule has 17 heteroatoms. The molecule has 3 aliphatic rings. The third-order valence-corrected chi connectivity index (χ3v) is 12.3. The van der Waals surface area contributed by atoms with Crippen molar-refractivity contribution in [3.8, 4) is 0 Å². The van der Waals surface area contributed by atoms with Crippen LogP contribution in [0.15, 0.2) is 35.4 Å². The summed E-state index contributed by atoms with van der Waals surface area (Å²) in [4.78, 5) is 61.2. The first-order valence-electron chi connectivity index (χ1n) is 20.8. The fraction of sp³-hybridized carbons (Fsp3) is 0.762. The lowest BCUT2D eigenvalue weighted by molar-refractivity contribution is -0.300. The molecule has 13 atom stereocenters. The van der Waals surface area contributed by atoms with E-state index in [0.29, 0.717) is 57.3 Å². The zero-order chi connectivity index (χ0) is 43.7. The Balaban J connectivity index is 1.66. The molecule has 17 nitrogen and oxygen atoms in total. The van der Waals surface area contributed by atoms with Gasteiger partial charge in [-0.25, -0.2) is 9.59 Å². The Bertz CT molecular complexity index is 1630. The van der Waals surface area contributed by atoms with Crippen molar-refractivity contribution in [2.24, 2.45) is 22.9 Å². The summed E-state index contributed by atoms with van der Waals surface area (Å²) in [7, 11) is 5.19. The van der Waals surface area contributed by atoms with Gasteiger partial charge in [0.25, 0.3) is 0 Å². The number of unbranched alkanes of at least 4 members (excludes halogenated alkanes) is 1. The van der Waals surface area contributed by atoms with Gasteiger partial charge in [-0.1, -0.05) is 44.1 Å². The summed E-state index contributed by atoms with van der Waals surface area (Å²) in [5.74, 6) is -4.07. The number of benzene rings is 1. The third kappa shape index (κ3) is 11.3. The molecule has 0 radical (unpaired) electrons. The molecule has 0 bridgehead atoms. The molecule has 1 amide bonds. The number of fused-ring (bicyclic) bond motifs is 1. The number of carbonyl (C=O) groups is 4. The van der Waals surface area contributed by atoms with Gasteiger partial charge in [-0.05, 0) is 104 Å². The summed E-state index contributed by atoms with van der Waals surface area (Å²) in [6.07, 6.45) is -3.41. The maximum Gasteiger partial charge on any atom is 0.410 e. The zero-order valence-corrected chi connectivity index (χ0v) is 36.4. The first-order chi connectivity index (χ1) is 27.9. The van der Waals surface area contributed by atoms with Crippen LogP contribution in [0.1, 0.15) is 90.9 Å². The van der Waals surface area contributed by atoms with Crippen LogP contribution >= 0.6 is 0 Å². The molecule has 3 heterocycles. The molecule has 59 heavy (non-hydrogen) atoms. The number of hydrogen-bond acceptors (Lipinski definition) is 14. The lowest BCUT2D eigenvalue weighted by atomic mass is 9.78. The van der Waals surface area contributed by atoms with Gasteiger partial charge in [0.05, 0.1) is 29.4 Å². The summed E-state index contributed by atoms with van der Waals surface area (Å²) in [6, 6.07) is 7.25. The maximum absolute atomic E-state index is 14.5. The van der Waals surface area contributed by atoms with Crippen molar-refractivity contribution in [2.75, 3.05) is 47.4 Å². The number of likely N-dealkylation sites (N-methyl/N-ethyl adjacent to an activating group) is 1. The number of rotatable bonds is 13. The first-order valence-corrected chi connectivity index (χ1v) is 20.8. The highest BCUT2D eigenvalue weighted by atomic mass is 16.7. The number of cyclic esters (lactones) is 1. The number of azide groups is 1. The van der Waals surface area contributed by atoms with Gasteiger partial charge in [0.15, 0.2) is 17.7 Å². The normalized spacial score (nSPS) is 36.1. The van der Waals surface area contributed by atoms with Crippen LogP contribution in [0.2, 0.25) is 0 Å². The molecule has 3 fully saturated rings. The highest BCUT2D eigenvalue weighted by Gasteiger charge is 2.58. The molecule has 4 rings (SSSR count). The molecule has 0 aliphatic carbocycles. The van der Waals surface area contributed by atoms with E-state index in [1.54, 1.807) is 49.1 Å². The van der Waals surface area contributed by atoms with Gasteiger partial charge >= 0.3 is 18.0 Å². The van der Waals surface area contributed by atoms with Crippen molar-refractivity contribution < 1.29 is 52.7 Å². The molecular formula is C42H66N6O11. The highest BCUT2D eigenvalue weighted by molar-refractivity contribution is 6.00. The van der Waals surface area contributed by atoms with Crippen LogP contribution in [0.25, 0.3) is 10.4 Å². The van der Waals surface area contributed by atoms with Crippen molar-refractivity contribution in [3.63, 3.8) is 0 Å². The van der Waals surface area contributed by atoms with Crippen LogP contribution in [0, 0.1) is 17.8 Å². The van der Waals surface area contributed by atoms with E-state index in [9.17, 15) is 24.3 Å². The molecule has 330 valence electrons. The molecule has 1 aromatic rings. The Morgan fingerprint density at radius 2 is 1.81 bits per heavy atom. The SMILES string of the molecule is CC[C@H]1OC(=O)[C@H](C)C(=O)[C@H](C)[C@@H](O[C@@H]2OC(COC(=O)c3ccccc3)CC(N(C)C)C2O)[C@](C)(OC)C[C@@H](C)CN[C@H](C)[C@H]2N(CCCCN=[N+]=[N-])C(=O)O[C@]12C. The number of aliphatic hydroxyl groups is 1. The van der Waals surface area contributed by atoms with E-state index < -0.39 is 89.6 Å². The molecule has 3 aliphatic heterocycles. The van der Waals surface area contributed by atoms with Crippen molar-refractivity contribution in [2.45, 2.75) is 141 Å². The summed E-state index contributed by atoms with van der Waals surface area (Å²) >= 11 is 0. The second-order valence-corrected chi connectivity index (χ2v) is 17.0. The average molecular weight is 831 g/mol. The Kier molecular flexibility index (Phi) is 17.1. The standard InChI is InChI=1S/C42H66N6O11/c1-11-32-42(7)35(48(40(53)59-42)20-16-15-19-45-46-43)28(5)44-23-25(2)22-41(6,54-10)36(26(3)33(49)27(4)37(51)57-32)58-39-34(50)31(47(8)9)21-30(56-39)24-55-38(52)29-17-13-12-14-18-29/h12-14,17-18,25-28,30-32,34-36,39,44,50H,11,15-16,19-24H2,1-10H3/t25-,26+,27-,28-,30?,31?,32-,34?,35-,36-,39+,41-,42-/m1/s1. The number of esters is 2. The predicted octanol–water partition coefficient (Wildman–Crippen LogP) is 4.89. The number of ketones is 1. The number of hydrogen-bond donors (Lipinski definition) is 2. The van der Waals surface area contributed by atoms with Gasteiger partial charge in [-0.2, -0.15) is 0 Å². The monoisotopic (exact) mass is 830 g/mol. The van der Waals surface area contributed by atoms with Gasteiger partial charge in [0, 0.05) is 43.1 Å². The minimum absolute atomic E-state index is 0.0864.